The zero-order valence-corrected chi connectivity index (χ0v) is 9.97. The normalized spacial score (nSPS) is 8.60. The van der Waals surface area contributed by atoms with E-state index in [0.717, 1.165) is 0 Å². The Morgan fingerprint density at radius 1 is 1.13 bits per heavy atom. The van der Waals surface area contributed by atoms with Crippen LogP contribution >= 0.6 is 0 Å². The van der Waals surface area contributed by atoms with E-state index in [1.54, 1.807) is 6.07 Å². The summed E-state index contributed by atoms with van der Waals surface area (Å²) >= 11 is 0. The van der Waals surface area contributed by atoms with Crippen LogP contribution in [0.25, 0.3) is 0 Å². The Labute approximate surface area is 104 Å². The minimum atomic E-state index is 0. The summed E-state index contributed by atoms with van der Waals surface area (Å²) in [7, 11) is 0. The predicted octanol–water partition coefficient (Wildman–Crippen LogP) is 3.35. The molecule has 0 bridgehead atoms. The third-order valence-electron chi connectivity index (χ3n) is 1.90. The molecule has 0 N–H and O–H groups in total. The molecule has 0 spiro atoms. The predicted molar refractivity (Wildman–Crippen MR) is 58.0 cm³/mol. The van der Waals surface area contributed by atoms with Gasteiger partial charge in [-0.15, -0.1) is 0 Å². The van der Waals surface area contributed by atoms with Gasteiger partial charge in [-0.2, -0.15) is 17.7 Å². The molecule has 0 aliphatic heterocycles. The number of unbranched alkanes of at least 4 members (excludes halogenated alkanes) is 1. The van der Waals surface area contributed by atoms with Crippen molar-refractivity contribution in [3.8, 4) is 0 Å². The van der Waals surface area contributed by atoms with E-state index in [0.29, 0.717) is 0 Å². The SMILES string of the molecule is CCCC[c-]1cccc1.[Fe].[c-]1[c-][c-][cH-][c-]1. The number of hydrogen-bond donors (Lipinski definition) is 0. The molecule has 1 heteroatoms. The third-order valence-corrected chi connectivity index (χ3v) is 1.90. The summed E-state index contributed by atoms with van der Waals surface area (Å²) in [5, 5.41) is 0. The van der Waals surface area contributed by atoms with Crippen LogP contribution in [0, 0.1) is 24.3 Å². The van der Waals surface area contributed by atoms with Crippen molar-refractivity contribution in [1.29, 1.82) is 0 Å². The fraction of sp³-hybridized carbons (Fsp3) is 0.286. The Morgan fingerprint density at radius 2 is 1.73 bits per heavy atom. The molecule has 0 fully saturated rings. The van der Waals surface area contributed by atoms with Crippen molar-refractivity contribution >= 4 is 0 Å². The molecule has 2 aromatic rings. The fourth-order valence-electron chi connectivity index (χ4n) is 1.14. The van der Waals surface area contributed by atoms with Crippen LogP contribution in [-0.4, -0.2) is 0 Å². The first-order chi connectivity index (χ1) is 6.93. The van der Waals surface area contributed by atoms with Gasteiger partial charge in [0.25, 0.3) is 0 Å². The van der Waals surface area contributed by atoms with Crippen LogP contribution in [0.15, 0.2) is 30.3 Å². The van der Waals surface area contributed by atoms with E-state index in [1.807, 2.05) is 0 Å². The van der Waals surface area contributed by atoms with Gasteiger partial charge in [0.1, 0.15) is 0 Å². The fourth-order valence-corrected chi connectivity index (χ4v) is 1.14. The Kier molecular flexibility index (Phi) is 9.25. The van der Waals surface area contributed by atoms with Crippen LogP contribution in [0.2, 0.25) is 0 Å². The molecule has 0 unspecified atom stereocenters. The molecular weight excluding hydrogens is 224 g/mol. The van der Waals surface area contributed by atoms with E-state index in [1.165, 1.54) is 24.8 Å². The standard InChI is InChI=1S/C9H13.C5H.Fe/c1-2-3-6-9-7-4-5-8-9;1-2-4-5-3-1;/h4-5,7-8H,2-3,6H2,1H3;1H;/q-1;-5;. The first kappa shape index (κ1) is 14.2. The molecule has 0 amide bonds. The summed E-state index contributed by atoms with van der Waals surface area (Å²) in [5.74, 6) is 0. The summed E-state index contributed by atoms with van der Waals surface area (Å²) in [4.78, 5) is 0. The van der Waals surface area contributed by atoms with Gasteiger partial charge in [0.15, 0.2) is 0 Å². The number of aryl methyl sites for hydroxylation is 1. The second-order valence-corrected chi connectivity index (χ2v) is 3.08. The van der Waals surface area contributed by atoms with Gasteiger partial charge in [-0.1, -0.05) is 26.2 Å². The third kappa shape index (κ3) is 7.18. The molecule has 0 aromatic heterocycles. The molecule has 0 heterocycles. The van der Waals surface area contributed by atoms with E-state index in [9.17, 15) is 0 Å². The van der Waals surface area contributed by atoms with Crippen LogP contribution in [-0.2, 0) is 23.5 Å². The van der Waals surface area contributed by atoms with Crippen molar-refractivity contribution in [3.05, 3.63) is 60.2 Å². The summed E-state index contributed by atoms with van der Waals surface area (Å²) in [6.07, 6.45) is 3.87. The van der Waals surface area contributed by atoms with E-state index >= 15 is 0 Å². The van der Waals surface area contributed by atoms with Gasteiger partial charge >= 0.3 is 0 Å². The number of hydrogen-bond acceptors (Lipinski definition) is 0. The monoisotopic (exact) mass is 238 g/mol. The second-order valence-electron chi connectivity index (χ2n) is 3.08. The molecule has 0 nitrogen and oxygen atoms in total. The molecule has 0 radical (unpaired) electrons. The van der Waals surface area contributed by atoms with Crippen LogP contribution < -0.4 is 0 Å². The average Bonchev–Trinajstić information content (AvgIpc) is 2.90. The molecule has 0 saturated heterocycles. The smallest absolute Gasteiger partial charge is 0 e. The minimum Gasteiger partial charge on any atom is -0.999 e. The molecule has 0 atom stereocenters. The molecule has 2 aromatic carbocycles. The Hall–Kier alpha value is -0.781. The minimum absolute atomic E-state index is 0. The van der Waals surface area contributed by atoms with Crippen molar-refractivity contribution in [2.75, 3.05) is 0 Å². The first-order valence-corrected chi connectivity index (χ1v) is 4.97. The van der Waals surface area contributed by atoms with Crippen molar-refractivity contribution in [2.24, 2.45) is 0 Å². The summed E-state index contributed by atoms with van der Waals surface area (Å²) in [6, 6.07) is 20.6. The maximum atomic E-state index is 2.62. The molecule has 0 aliphatic rings. The first-order valence-electron chi connectivity index (χ1n) is 4.97. The van der Waals surface area contributed by atoms with E-state index < -0.39 is 0 Å². The van der Waals surface area contributed by atoms with Crippen molar-refractivity contribution in [3.63, 3.8) is 0 Å². The summed E-state index contributed by atoms with van der Waals surface area (Å²) in [5.41, 5.74) is 1.48. The van der Waals surface area contributed by atoms with Crippen LogP contribution in [0.4, 0.5) is 0 Å². The van der Waals surface area contributed by atoms with Gasteiger partial charge in [0, 0.05) is 17.1 Å². The largest absolute Gasteiger partial charge is 0.999 e. The zero-order valence-electron chi connectivity index (χ0n) is 8.86. The summed E-state index contributed by atoms with van der Waals surface area (Å²) < 4.78 is 0. The van der Waals surface area contributed by atoms with Gasteiger partial charge < -0.3 is 30.3 Å². The number of rotatable bonds is 3. The van der Waals surface area contributed by atoms with Crippen LogP contribution in [0.5, 0.6) is 0 Å². The second kappa shape index (κ2) is 9.76. The molecular formula is C14H14Fe-6. The van der Waals surface area contributed by atoms with Crippen LogP contribution in [0.1, 0.15) is 25.3 Å². The van der Waals surface area contributed by atoms with Gasteiger partial charge in [-0.25, -0.2) is 12.1 Å². The molecule has 0 saturated carbocycles. The van der Waals surface area contributed by atoms with E-state index in [2.05, 4.69) is 55.5 Å². The van der Waals surface area contributed by atoms with Crippen LogP contribution in [0.3, 0.4) is 0 Å². The Morgan fingerprint density at radius 3 is 2.13 bits per heavy atom. The summed E-state index contributed by atoms with van der Waals surface area (Å²) in [6.45, 7) is 2.23. The van der Waals surface area contributed by atoms with Crippen molar-refractivity contribution in [2.45, 2.75) is 26.2 Å². The van der Waals surface area contributed by atoms with Crippen molar-refractivity contribution in [1.82, 2.24) is 0 Å². The van der Waals surface area contributed by atoms with Gasteiger partial charge in [-0.05, 0) is 0 Å². The zero-order chi connectivity index (χ0) is 10.1. The average molecular weight is 238 g/mol. The van der Waals surface area contributed by atoms with Gasteiger partial charge in [0.05, 0.1) is 0 Å². The maximum Gasteiger partial charge on any atom is 0 e. The van der Waals surface area contributed by atoms with Gasteiger partial charge in [-0.3, -0.25) is 0 Å². The quantitative estimate of drug-likeness (QED) is 0.568. The maximum absolute atomic E-state index is 2.62. The molecule has 0 aliphatic carbocycles. The van der Waals surface area contributed by atoms with E-state index in [4.69, 9.17) is 0 Å². The molecule has 2 rings (SSSR count). The van der Waals surface area contributed by atoms with Crippen molar-refractivity contribution < 1.29 is 17.1 Å². The molecule has 84 valence electrons. The van der Waals surface area contributed by atoms with Gasteiger partial charge in [0.2, 0.25) is 0 Å². The topological polar surface area (TPSA) is 0 Å². The molecule has 15 heavy (non-hydrogen) atoms. The Balaban J connectivity index is 0.000000280. The Bertz CT molecular complexity index is 262. The van der Waals surface area contributed by atoms with E-state index in [-0.39, 0.29) is 17.1 Å².